The topological polar surface area (TPSA) is 32.1 Å². The van der Waals surface area contributed by atoms with Crippen molar-refractivity contribution in [1.82, 2.24) is 23.1 Å². The number of fused-ring (bicyclic) bond motifs is 12. The first-order valence-corrected chi connectivity index (χ1v) is 24.6. The lowest BCUT2D eigenvalue weighted by atomic mass is 10.1. The van der Waals surface area contributed by atoms with Crippen LogP contribution in [0.2, 0.25) is 0 Å². The minimum Gasteiger partial charge on any atom is -0.309 e. The second kappa shape index (κ2) is 14.7. The van der Waals surface area contributed by atoms with Gasteiger partial charge in [0.25, 0.3) is 0 Å². The van der Waals surface area contributed by atoms with E-state index < -0.39 is 14.1 Å². The van der Waals surface area contributed by atoms with Gasteiger partial charge in [-0.1, -0.05) is 170 Å². The van der Waals surface area contributed by atoms with Gasteiger partial charge in [-0.25, -0.2) is 4.98 Å². The smallest absolute Gasteiger partial charge is 0.220 e. The Morgan fingerprint density at radius 3 is 1.64 bits per heavy atom. The molecule has 4 heterocycles. The molecule has 0 unspecified atom stereocenters. The SMILES string of the molecule is [2H]c1c([2H])c([2H])c(-n2c3ccc(-n4c5ccccc5n5c6ccccc6nc45)cc3c3ccc4c(c5ccccc5n4-c4cccc([Si](c5ccccc5)(c5ccccc5)c5ccccc5)c4)c32)c([2H])c1[2H]. The zero-order chi connectivity index (χ0) is 48.4. The Kier molecular flexibility index (Phi) is 7.19. The molecule has 0 fully saturated rings. The largest absolute Gasteiger partial charge is 0.309 e. The molecule has 0 aliphatic heterocycles. The highest BCUT2D eigenvalue weighted by Gasteiger charge is 2.41. The summed E-state index contributed by atoms with van der Waals surface area (Å²) in [7, 11) is -2.92. The number of aromatic nitrogens is 5. The molecule has 4 aromatic heterocycles. The minimum atomic E-state index is -2.92. The van der Waals surface area contributed by atoms with Gasteiger partial charge in [0.15, 0.2) is 8.07 Å². The quantitative estimate of drug-likeness (QED) is 0.116. The molecular weight excluding hydrogens is 831 g/mol. The molecule has 0 aliphatic rings. The van der Waals surface area contributed by atoms with Crippen molar-refractivity contribution in [2.45, 2.75) is 0 Å². The van der Waals surface area contributed by atoms with E-state index in [4.69, 9.17) is 9.10 Å². The highest BCUT2D eigenvalue weighted by atomic mass is 28.3. The molecule has 0 aliphatic carbocycles. The first kappa shape index (κ1) is 32.9. The van der Waals surface area contributed by atoms with E-state index in [0.717, 1.165) is 77.3 Å². The van der Waals surface area contributed by atoms with Crippen LogP contribution in [-0.4, -0.2) is 31.2 Å². The average molecular weight is 877 g/mol. The summed E-state index contributed by atoms with van der Waals surface area (Å²) in [5.74, 6) is 0.776. The molecule has 6 heteroatoms. The van der Waals surface area contributed by atoms with Crippen molar-refractivity contribution in [3.05, 3.63) is 249 Å². The van der Waals surface area contributed by atoms with Crippen LogP contribution in [-0.2, 0) is 0 Å². The van der Waals surface area contributed by atoms with Crippen LogP contribution in [0, 0.1) is 0 Å². The molecule has 0 bridgehead atoms. The fourth-order valence-electron chi connectivity index (χ4n) is 11.1. The fourth-order valence-corrected chi connectivity index (χ4v) is 15.9. The van der Waals surface area contributed by atoms with Crippen molar-refractivity contribution >= 4 is 100 Å². The third-order valence-corrected chi connectivity index (χ3v) is 18.6. The zero-order valence-electron chi connectivity index (χ0n) is 41.0. The lowest BCUT2D eigenvalue weighted by Crippen LogP contribution is -2.74. The van der Waals surface area contributed by atoms with Crippen molar-refractivity contribution < 1.29 is 6.85 Å². The average Bonchev–Trinajstić information content (AvgIpc) is 4.17. The van der Waals surface area contributed by atoms with Crippen LogP contribution in [0.15, 0.2) is 249 Å². The van der Waals surface area contributed by atoms with Gasteiger partial charge >= 0.3 is 0 Å². The molecule has 314 valence electrons. The summed E-state index contributed by atoms with van der Waals surface area (Å²) >= 11 is 0. The summed E-state index contributed by atoms with van der Waals surface area (Å²) in [6.07, 6.45) is 0. The van der Waals surface area contributed by atoms with Gasteiger partial charge in [-0.15, -0.1) is 0 Å². The van der Waals surface area contributed by atoms with E-state index in [0.29, 0.717) is 5.52 Å². The Labute approximate surface area is 394 Å². The van der Waals surface area contributed by atoms with Gasteiger partial charge in [0.05, 0.1) is 51.0 Å². The third-order valence-electron chi connectivity index (χ3n) is 13.8. The molecule has 0 N–H and O–H groups in total. The predicted octanol–water partition coefficient (Wildman–Crippen LogP) is 12.0. The number of benzene rings is 10. The van der Waals surface area contributed by atoms with Gasteiger partial charge in [0, 0.05) is 38.6 Å². The van der Waals surface area contributed by atoms with Crippen molar-refractivity contribution in [3.63, 3.8) is 0 Å². The highest BCUT2D eigenvalue weighted by molar-refractivity contribution is 7.19. The molecule has 14 aromatic rings. The summed E-state index contributed by atoms with van der Waals surface area (Å²) < 4.78 is 54.0. The summed E-state index contributed by atoms with van der Waals surface area (Å²) in [4.78, 5) is 5.17. The van der Waals surface area contributed by atoms with E-state index in [1.807, 2.05) is 53.1 Å². The Morgan fingerprint density at radius 2 is 0.925 bits per heavy atom. The maximum absolute atomic E-state index is 9.45. The molecule has 0 spiro atoms. The molecular formula is C61H41N5Si. The minimum absolute atomic E-state index is 0.0951. The third kappa shape index (κ3) is 5.39. The molecule has 0 saturated carbocycles. The van der Waals surface area contributed by atoms with Crippen LogP contribution in [0.3, 0.4) is 0 Å². The fraction of sp³-hybridized carbons (Fsp3) is 0. The van der Waals surface area contributed by atoms with Crippen molar-refractivity contribution in [3.8, 4) is 17.1 Å². The number of rotatable bonds is 7. The number of hydrogen-bond donors (Lipinski definition) is 0. The van der Waals surface area contributed by atoms with Crippen molar-refractivity contribution in [1.29, 1.82) is 0 Å². The standard InChI is InChI=1S/C61H41N5Si/c1-5-20-42(21-6-1)64-54-38-36-44(65-56-34-17-18-35-57(56)66-55-33-16-14-31-52(55)62-61(65)66)41-51(54)49-37-39-58-59(60(49)64)50-30-13-15-32-53(50)63(58)43-22-19-29-48(40-43)67(45-23-7-2-8-24-45,46-25-9-3-10-26-46)47-27-11-4-12-28-47/h1-41H/i1D,5D,6D,20D,21D. The van der Waals surface area contributed by atoms with E-state index in [9.17, 15) is 2.74 Å². The lowest BCUT2D eigenvalue weighted by Gasteiger charge is -2.34. The van der Waals surface area contributed by atoms with Crippen LogP contribution in [0.25, 0.3) is 88.5 Å². The molecule has 0 atom stereocenters. The van der Waals surface area contributed by atoms with Crippen molar-refractivity contribution in [2.75, 3.05) is 0 Å². The van der Waals surface area contributed by atoms with Crippen LogP contribution in [0.5, 0.6) is 0 Å². The second-order valence-corrected chi connectivity index (χ2v) is 21.0. The molecule has 67 heavy (non-hydrogen) atoms. The number of hydrogen-bond acceptors (Lipinski definition) is 1. The van der Waals surface area contributed by atoms with E-state index in [-0.39, 0.29) is 29.9 Å². The van der Waals surface area contributed by atoms with Crippen LogP contribution in [0.4, 0.5) is 0 Å². The van der Waals surface area contributed by atoms with E-state index in [1.165, 1.54) is 20.7 Å². The van der Waals surface area contributed by atoms with E-state index in [2.05, 4.69) is 183 Å². The Morgan fingerprint density at radius 1 is 0.358 bits per heavy atom. The first-order valence-electron chi connectivity index (χ1n) is 25.1. The Balaban J connectivity index is 1.09. The predicted molar refractivity (Wildman–Crippen MR) is 282 cm³/mol. The van der Waals surface area contributed by atoms with E-state index in [1.54, 1.807) is 0 Å². The van der Waals surface area contributed by atoms with Crippen LogP contribution >= 0.6 is 0 Å². The van der Waals surface area contributed by atoms with Gasteiger partial charge < -0.3 is 9.13 Å². The Bertz CT molecular complexity index is 4400. The molecule has 14 rings (SSSR count). The van der Waals surface area contributed by atoms with Gasteiger partial charge in [-0.2, -0.15) is 0 Å². The maximum Gasteiger partial charge on any atom is 0.220 e. The first-order chi connectivity index (χ1) is 35.3. The number of nitrogens with zero attached hydrogens (tertiary/aromatic N) is 5. The molecule has 5 nitrogen and oxygen atoms in total. The molecule has 10 aromatic carbocycles. The van der Waals surface area contributed by atoms with Crippen LogP contribution in [0.1, 0.15) is 6.85 Å². The van der Waals surface area contributed by atoms with Gasteiger partial charge in [-0.3, -0.25) is 8.97 Å². The highest BCUT2D eigenvalue weighted by Crippen LogP contribution is 2.43. The van der Waals surface area contributed by atoms with Gasteiger partial charge in [0.2, 0.25) is 5.78 Å². The lowest BCUT2D eigenvalue weighted by molar-refractivity contribution is 1.11. The molecule has 0 saturated heterocycles. The number of para-hydroxylation sites is 6. The summed E-state index contributed by atoms with van der Waals surface area (Å²) in [5, 5.41) is 8.69. The summed E-state index contributed by atoms with van der Waals surface area (Å²) in [6.45, 7) is 0. The summed E-state index contributed by atoms with van der Waals surface area (Å²) in [5.41, 5.74) is 9.25. The van der Waals surface area contributed by atoms with Gasteiger partial charge in [-0.05, 0) is 99.6 Å². The summed E-state index contributed by atoms with van der Waals surface area (Å²) in [6, 6.07) is 75.4. The van der Waals surface area contributed by atoms with Gasteiger partial charge in [0.1, 0.15) is 0 Å². The monoisotopic (exact) mass is 876 g/mol. The van der Waals surface area contributed by atoms with Crippen LogP contribution < -0.4 is 20.7 Å². The Hall–Kier alpha value is -8.71. The second-order valence-electron chi connectivity index (χ2n) is 17.2. The normalized spacial score (nSPS) is 13.2. The number of imidazole rings is 2. The molecule has 0 radical (unpaired) electrons. The molecule has 0 amide bonds. The zero-order valence-corrected chi connectivity index (χ0v) is 37.0. The van der Waals surface area contributed by atoms with Crippen molar-refractivity contribution in [2.24, 2.45) is 0 Å². The van der Waals surface area contributed by atoms with E-state index >= 15 is 0 Å². The maximum atomic E-state index is 9.45.